The Kier molecular flexibility index (Phi) is 1.64. The fourth-order valence-corrected chi connectivity index (χ4v) is 0.557. The van der Waals surface area contributed by atoms with E-state index < -0.39 is 0 Å². The third-order valence-corrected chi connectivity index (χ3v) is 0.929. The molecule has 1 aromatic rings. The van der Waals surface area contributed by atoms with Gasteiger partial charge in [-0.25, -0.2) is 0 Å². The maximum absolute atomic E-state index is 8.42. The van der Waals surface area contributed by atoms with Crippen LogP contribution in [0.5, 0.6) is 0 Å². The van der Waals surface area contributed by atoms with Crippen molar-refractivity contribution in [3.8, 4) is 0 Å². The highest BCUT2D eigenvalue weighted by Gasteiger charge is 1.99. The van der Waals surface area contributed by atoms with Crippen molar-refractivity contribution < 1.29 is 9.78 Å². The minimum atomic E-state index is 0.0850. The lowest BCUT2D eigenvalue weighted by Gasteiger charge is -1.82. The quantitative estimate of drug-likeness (QED) is 0.354. The molecule has 0 radical (unpaired) electrons. The van der Waals surface area contributed by atoms with Gasteiger partial charge in [0, 0.05) is 5.10 Å². The number of nitrogens with two attached hydrogens (primary N) is 1. The molecule has 1 aromatic heterocycles. The lowest BCUT2D eigenvalue weighted by Crippen LogP contribution is -2.42. The molecule has 0 fully saturated rings. The van der Waals surface area contributed by atoms with Gasteiger partial charge in [-0.3, -0.25) is 5.84 Å². The summed E-state index contributed by atoms with van der Waals surface area (Å²) in [6.45, 7) is 0.575. The summed E-state index contributed by atoms with van der Waals surface area (Å²) in [4.78, 5) is 0. The minimum absolute atomic E-state index is 0.0850. The summed E-state index contributed by atoms with van der Waals surface area (Å²) in [5.74, 6) is 5.26. The predicted octanol–water partition coefficient (Wildman–Crippen LogP) is -2.12. The van der Waals surface area contributed by atoms with Crippen molar-refractivity contribution in [3.63, 3.8) is 0 Å². The van der Waals surface area contributed by atoms with Crippen molar-refractivity contribution in [1.29, 1.82) is 0 Å². The standard InChI is InChI=1S/C4H9N4O/c5-7-3-6-8(4-7)1-2-9/h3-4,9H,1-2,5H2/q+1. The molecule has 0 atom stereocenters. The monoisotopic (exact) mass is 129 g/mol. The molecule has 5 nitrogen and oxygen atoms in total. The Morgan fingerprint density at radius 3 is 3.00 bits per heavy atom. The number of aliphatic hydroxyl groups excluding tert-OH is 1. The Morgan fingerprint density at radius 2 is 2.56 bits per heavy atom. The second kappa shape index (κ2) is 2.45. The van der Waals surface area contributed by atoms with Crippen molar-refractivity contribution in [2.24, 2.45) is 0 Å². The molecule has 0 aliphatic heterocycles. The second-order valence-electron chi connectivity index (χ2n) is 1.68. The van der Waals surface area contributed by atoms with Crippen LogP contribution >= 0.6 is 0 Å². The number of hydrogen-bond donors (Lipinski definition) is 2. The predicted molar refractivity (Wildman–Crippen MR) is 29.7 cm³/mol. The molecule has 0 spiro atoms. The first-order chi connectivity index (χ1) is 4.33. The Labute approximate surface area is 52.3 Å². The van der Waals surface area contributed by atoms with Gasteiger partial charge >= 0.3 is 0 Å². The van der Waals surface area contributed by atoms with Gasteiger partial charge < -0.3 is 5.11 Å². The first-order valence-electron chi connectivity index (χ1n) is 2.62. The Hall–Kier alpha value is -1.10. The van der Waals surface area contributed by atoms with Gasteiger partial charge in [-0.2, -0.15) is 0 Å². The van der Waals surface area contributed by atoms with E-state index in [0.717, 1.165) is 0 Å². The summed E-state index contributed by atoms with van der Waals surface area (Å²) in [6.07, 6.45) is 3.06. The second-order valence-corrected chi connectivity index (χ2v) is 1.68. The van der Waals surface area contributed by atoms with E-state index >= 15 is 0 Å². The van der Waals surface area contributed by atoms with Crippen LogP contribution in [0.15, 0.2) is 12.7 Å². The zero-order chi connectivity index (χ0) is 6.69. The molecule has 1 heterocycles. The SMILES string of the molecule is N[n+]1cnn(CCO)c1. The molecule has 0 saturated carbocycles. The van der Waals surface area contributed by atoms with Crippen molar-refractivity contribution in [1.82, 2.24) is 9.78 Å². The zero-order valence-electron chi connectivity index (χ0n) is 4.94. The summed E-state index contributed by atoms with van der Waals surface area (Å²) in [5, 5.41) is 12.2. The number of aliphatic hydroxyl groups is 1. The third kappa shape index (κ3) is 1.39. The molecular weight excluding hydrogens is 120 g/mol. The molecule has 3 N–H and O–H groups in total. The van der Waals surface area contributed by atoms with E-state index in [4.69, 9.17) is 10.9 Å². The fraction of sp³-hybridized carbons (Fsp3) is 0.500. The van der Waals surface area contributed by atoms with Crippen LogP contribution in [0.3, 0.4) is 0 Å². The number of nitrogen functional groups attached to an aromatic ring is 1. The largest absolute Gasteiger partial charge is 0.393 e. The van der Waals surface area contributed by atoms with Gasteiger partial charge in [0.2, 0.25) is 6.33 Å². The molecule has 0 saturated heterocycles. The van der Waals surface area contributed by atoms with Crippen LogP contribution in [0.25, 0.3) is 0 Å². The third-order valence-electron chi connectivity index (χ3n) is 0.929. The summed E-state index contributed by atoms with van der Waals surface area (Å²) in [5.41, 5.74) is 0. The molecule has 0 unspecified atom stereocenters. The van der Waals surface area contributed by atoms with E-state index in [1.165, 1.54) is 11.0 Å². The lowest BCUT2D eigenvalue weighted by atomic mass is 10.7. The van der Waals surface area contributed by atoms with Crippen LogP contribution in [0.4, 0.5) is 0 Å². The molecule has 50 valence electrons. The minimum Gasteiger partial charge on any atom is -0.393 e. The smallest absolute Gasteiger partial charge is 0.286 e. The van der Waals surface area contributed by atoms with Crippen LogP contribution in [0.2, 0.25) is 0 Å². The van der Waals surface area contributed by atoms with E-state index in [9.17, 15) is 0 Å². The van der Waals surface area contributed by atoms with Gasteiger partial charge in [0.15, 0.2) is 0 Å². The highest BCUT2D eigenvalue weighted by atomic mass is 16.3. The number of aromatic nitrogens is 3. The summed E-state index contributed by atoms with van der Waals surface area (Å²) in [6, 6.07) is 0. The fourth-order valence-electron chi connectivity index (χ4n) is 0.557. The molecule has 9 heavy (non-hydrogen) atoms. The van der Waals surface area contributed by atoms with Crippen molar-refractivity contribution in [2.45, 2.75) is 6.54 Å². The van der Waals surface area contributed by atoms with Crippen LogP contribution in [0.1, 0.15) is 0 Å². The van der Waals surface area contributed by atoms with Crippen LogP contribution in [0, 0.1) is 0 Å². The maximum Gasteiger partial charge on any atom is 0.286 e. The number of nitrogens with zero attached hydrogens (tertiary/aromatic N) is 3. The molecule has 1 rings (SSSR count). The van der Waals surface area contributed by atoms with Gasteiger partial charge in [0.25, 0.3) is 6.33 Å². The van der Waals surface area contributed by atoms with Crippen molar-refractivity contribution in [2.75, 3.05) is 12.4 Å². The first kappa shape index (κ1) is 6.03. The van der Waals surface area contributed by atoms with E-state index in [2.05, 4.69) is 5.10 Å². The molecule has 0 aromatic carbocycles. The average Bonchev–Trinajstić information content (AvgIpc) is 2.17. The van der Waals surface area contributed by atoms with E-state index in [1.807, 2.05) is 0 Å². The van der Waals surface area contributed by atoms with E-state index in [0.29, 0.717) is 6.54 Å². The summed E-state index contributed by atoms with van der Waals surface area (Å²) >= 11 is 0. The Bertz CT molecular complexity index is 184. The van der Waals surface area contributed by atoms with Gasteiger partial charge in [-0.15, -0.1) is 9.36 Å². The summed E-state index contributed by atoms with van der Waals surface area (Å²) in [7, 11) is 0. The van der Waals surface area contributed by atoms with Gasteiger partial charge in [-0.1, -0.05) is 0 Å². The van der Waals surface area contributed by atoms with Gasteiger partial charge in [-0.05, 0) is 0 Å². The normalized spacial score (nSPS) is 9.89. The molecule has 0 aliphatic rings. The molecule has 0 bridgehead atoms. The highest BCUT2D eigenvalue weighted by molar-refractivity contribution is 4.43. The van der Waals surface area contributed by atoms with Gasteiger partial charge in [0.05, 0.1) is 6.61 Å². The Balaban J connectivity index is 2.61. The van der Waals surface area contributed by atoms with Gasteiger partial charge in [0.1, 0.15) is 6.54 Å². The Morgan fingerprint density at radius 1 is 1.78 bits per heavy atom. The van der Waals surface area contributed by atoms with Crippen molar-refractivity contribution in [3.05, 3.63) is 12.7 Å². The summed E-state index contributed by atoms with van der Waals surface area (Å²) < 4.78 is 2.88. The highest BCUT2D eigenvalue weighted by Crippen LogP contribution is 1.73. The van der Waals surface area contributed by atoms with Crippen LogP contribution < -0.4 is 10.5 Å². The van der Waals surface area contributed by atoms with Crippen LogP contribution in [-0.2, 0) is 6.54 Å². The van der Waals surface area contributed by atoms with Crippen molar-refractivity contribution >= 4 is 0 Å². The average molecular weight is 129 g/mol. The number of rotatable bonds is 2. The van der Waals surface area contributed by atoms with E-state index in [-0.39, 0.29) is 6.61 Å². The lowest BCUT2D eigenvalue weighted by molar-refractivity contribution is -0.639. The molecule has 0 aliphatic carbocycles. The molecular formula is C4H9N4O+. The van der Waals surface area contributed by atoms with E-state index in [1.54, 1.807) is 11.0 Å². The van der Waals surface area contributed by atoms with Crippen LogP contribution in [-0.4, -0.2) is 21.5 Å². The zero-order valence-corrected chi connectivity index (χ0v) is 4.94. The maximum atomic E-state index is 8.42. The molecule has 0 amide bonds. The molecule has 5 heteroatoms. The number of hydrogen-bond acceptors (Lipinski definition) is 3. The first-order valence-corrected chi connectivity index (χ1v) is 2.62. The topological polar surface area (TPSA) is 68.0 Å².